The van der Waals surface area contributed by atoms with E-state index >= 15 is 0 Å². The molecule has 1 aliphatic rings. The first kappa shape index (κ1) is 19.3. The number of fused-ring (bicyclic) bond motifs is 1. The van der Waals surface area contributed by atoms with Gasteiger partial charge in [-0.1, -0.05) is 18.2 Å². The van der Waals surface area contributed by atoms with Crippen LogP contribution in [0.3, 0.4) is 0 Å². The summed E-state index contributed by atoms with van der Waals surface area (Å²) >= 11 is 1.27. The molecule has 0 saturated heterocycles. The molecular weight excluding hydrogens is 376 g/mol. The van der Waals surface area contributed by atoms with Crippen LogP contribution in [-0.4, -0.2) is 38.9 Å². The molecule has 27 heavy (non-hydrogen) atoms. The summed E-state index contributed by atoms with van der Waals surface area (Å²) in [6.45, 7) is 0.583. The number of carbonyl (C=O) groups is 2. The van der Waals surface area contributed by atoms with Crippen molar-refractivity contribution in [1.82, 2.24) is 20.1 Å². The predicted molar refractivity (Wildman–Crippen MR) is 96.3 cm³/mol. The first-order valence-corrected chi connectivity index (χ1v) is 9.58. The lowest BCUT2D eigenvalue weighted by Gasteiger charge is -2.08. The smallest absolute Gasteiger partial charge is 0.243 e. The van der Waals surface area contributed by atoms with Crippen molar-refractivity contribution in [3.8, 4) is 0 Å². The van der Waals surface area contributed by atoms with E-state index in [4.69, 9.17) is 0 Å². The average molecular weight is 395 g/mol. The minimum absolute atomic E-state index is 0.108. The van der Waals surface area contributed by atoms with E-state index in [0.717, 1.165) is 50.2 Å². The molecule has 144 valence electrons. The number of amides is 2. The van der Waals surface area contributed by atoms with Gasteiger partial charge in [0.25, 0.3) is 0 Å². The number of benzene rings is 1. The van der Waals surface area contributed by atoms with Gasteiger partial charge in [0, 0.05) is 24.7 Å². The summed E-state index contributed by atoms with van der Waals surface area (Å²) in [6, 6.07) is 3.04. The molecule has 2 heterocycles. The van der Waals surface area contributed by atoms with Crippen LogP contribution in [0.2, 0.25) is 0 Å². The molecular formula is C17H19F2N5O2S. The van der Waals surface area contributed by atoms with Crippen molar-refractivity contribution in [2.45, 2.75) is 37.4 Å². The summed E-state index contributed by atoms with van der Waals surface area (Å²) in [6.07, 6.45) is 4.20. The van der Waals surface area contributed by atoms with Crippen LogP contribution in [0.1, 0.15) is 25.1 Å². The minimum Gasteiger partial charge on any atom is -0.346 e. The molecule has 1 aliphatic heterocycles. The van der Waals surface area contributed by atoms with E-state index < -0.39 is 17.5 Å². The molecule has 0 unspecified atom stereocenters. The van der Waals surface area contributed by atoms with E-state index in [1.807, 2.05) is 4.57 Å². The lowest BCUT2D eigenvalue weighted by molar-refractivity contribution is -0.122. The number of carbonyl (C=O) groups excluding carboxylic acids is 2. The SMILES string of the molecule is O=C(CSc1nnc2n1CCCCC2)NCC(=O)Nc1ccc(F)c(F)c1. The van der Waals surface area contributed by atoms with Gasteiger partial charge in [0.05, 0.1) is 12.3 Å². The fourth-order valence-electron chi connectivity index (χ4n) is 2.70. The van der Waals surface area contributed by atoms with Crippen molar-refractivity contribution < 1.29 is 18.4 Å². The second kappa shape index (κ2) is 8.94. The van der Waals surface area contributed by atoms with Gasteiger partial charge in [0.15, 0.2) is 16.8 Å². The van der Waals surface area contributed by atoms with Crippen molar-refractivity contribution in [3.05, 3.63) is 35.7 Å². The highest BCUT2D eigenvalue weighted by molar-refractivity contribution is 7.99. The van der Waals surface area contributed by atoms with Crippen LogP contribution in [0.25, 0.3) is 0 Å². The third-order valence-corrected chi connectivity index (χ3v) is 5.02. The molecule has 0 saturated carbocycles. The summed E-state index contributed by atoms with van der Waals surface area (Å²) in [5.74, 6) is -1.86. The number of thioether (sulfide) groups is 1. The van der Waals surface area contributed by atoms with E-state index in [0.29, 0.717) is 5.16 Å². The van der Waals surface area contributed by atoms with E-state index in [1.54, 1.807) is 0 Å². The maximum Gasteiger partial charge on any atom is 0.243 e. The van der Waals surface area contributed by atoms with E-state index in [2.05, 4.69) is 20.8 Å². The van der Waals surface area contributed by atoms with Gasteiger partial charge in [0.2, 0.25) is 11.8 Å². The molecule has 0 atom stereocenters. The van der Waals surface area contributed by atoms with Gasteiger partial charge in [-0.05, 0) is 25.0 Å². The van der Waals surface area contributed by atoms with Crippen molar-refractivity contribution in [2.24, 2.45) is 0 Å². The third kappa shape index (κ3) is 5.25. The van der Waals surface area contributed by atoms with Crippen LogP contribution in [0.5, 0.6) is 0 Å². The highest BCUT2D eigenvalue weighted by Gasteiger charge is 2.16. The Morgan fingerprint density at radius 2 is 1.96 bits per heavy atom. The van der Waals surface area contributed by atoms with Crippen LogP contribution in [0.4, 0.5) is 14.5 Å². The normalized spacial score (nSPS) is 13.6. The van der Waals surface area contributed by atoms with Gasteiger partial charge < -0.3 is 15.2 Å². The molecule has 2 amide bonds. The maximum absolute atomic E-state index is 13.1. The number of hydrogen-bond donors (Lipinski definition) is 2. The van der Waals surface area contributed by atoms with Gasteiger partial charge >= 0.3 is 0 Å². The fourth-order valence-corrected chi connectivity index (χ4v) is 3.52. The number of aryl methyl sites for hydroxylation is 1. The zero-order chi connectivity index (χ0) is 19.2. The molecule has 2 aromatic rings. The van der Waals surface area contributed by atoms with E-state index in [-0.39, 0.29) is 23.9 Å². The Morgan fingerprint density at radius 3 is 2.78 bits per heavy atom. The quantitative estimate of drug-likeness (QED) is 0.732. The number of nitrogens with zero attached hydrogens (tertiary/aromatic N) is 3. The van der Waals surface area contributed by atoms with Crippen LogP contribution in [-0.2, 0) is 22.6 Å². The van der Waals surface area contributed by atoms with Gasteiger partial charge in [-0.15, -0.1) is 10.2 Å². The lowest BCUT2D eigenvalue weighted by Crippen LogP contribution is -2.34. The maximum atomic E-state index is 13.1. The zero-order valence-electron chi connectivity index (χ0n) is 14.5. The van der Waals surface area contributed by atoms with E-state index in [9.17, 15) is 18.4 Å². The van der Waals surface area contributed by atoms with Crippen molar-refractivity contribution in [1.29, 1.82) is 0 Å². The summed E-state index contributed by atoms with van der Waals surface area (Å²) in [7, 11) is 0. The molecule has 7 nitrogen and oxygen atoms in total. The second-order valence-corrected chi connectivity index (χ2v) is 7.05. The third-order valence-electron chi connectivity index (χ3n) is 4.06. The first-order chi connectivity index (χ1) is 13.0. The zero-order valence-corrected chi connectivity index (χ0v) is 15.3. The molecule has 0 aliphatic carbocycles. The van der Waals surface area contributed by atoms with Crippen LogP contribution < -0.4 is 10.6 Å². The molecule has 3 rings (SSSR count). The number of nitrogens with one attached hydrogen (secondary N) is 2. The van der Waals surface area contributed by atoms with Crippen LogP contribution in [0.15, 0.2) is 23.4 Å². The Morgan fingerprint density at radius 1 is 1.11 bits per heavy atom. The largest absolute Gasteiger partial charge is 0.346 e. The Kier molecular flexibility index (Phi) is 6.38. The standard InChI is InChI=1S/C17H19F2N5O2S/c18-12-6-5-11(8-13(12)19)21-15(25)9-20-16(26)10-27-17-23-22-14-4-2-1-3-7-24(14)17/h5-6,8H,1-4,7,9-10H2,(H,20,26)(H,21,25). The Labute approximate surface area is 158 Å². The average Bonchev–Trinajstić information content (AvgIpc) is 2.87. The number of halogens is 2. The van der Waals surface area contributed by atoms with Crippen molar-refractivity contribution >= 4 is 29.3 Å². The Balaban J connectivity index is 1.44. The Hall–Kier alpha value is -2.49. The molecule has 0 fully saturated rings. The molecule has 0 spiro atoms. The number of rotatable bonds is 6. The summed E-state index contributed by atoms with van der Waals surface area (Å²) < 4.78 is 28.0. The lowest BCUT2D eigenvalue weighted by atomic mass is 10.2. The highest BCUT2D eigenvalue weighted by atomic mass is 32.2. The van der Waals surface area contributed by atoms with Crippen LogP contribution >= 0.6 is 11.8 Å². The van der Waals surface area contributed by atoms with E-state index in [1.165, 1.54) is 17.8 Å². The van der Waals surface area contributed by atoms with Crippen molar-refractivity contribution in [2.75, 3.05) is 17.6 Å². The van der Waals surface area contributed by atoms with Crippen LogP contribution in [0, 0.1) is 11.6 Å². The molecule has 1 aromatic carbocycles. The summed E-state index contributed by atoms with van der Waals surface area (Å²) in [5.41, 5.74) is 0.119. The highest BCUT2D eigenvalue weighted by Crippen LogP contribution is 2.21. The van der Waals surface area contributed by atoms with Gasteiger partial charge in [-0.2, -0.15) is 0 Å². The first-order valence-electron chi connectivity index (χ1n) is 8.59. The summed E-state index contributed by atoms with van der Waals surface area (Å²) in [5, 5.41) is 13.9. The molecule has 1 aromatic heterocycles. The fraction of sp³-hybridized carbons (Fsp3) is 0.412. The second-order valence-electron chi connectivity index (χ2n) is 6.10. The predicted octanol–water partition coefficient (Wildman–Crippen LogP) is 2.13. The number of hydrogen-bond acceptors (Lipinski definition) is 5. The molecule has 2 N–H and O–H groups in total. The minimum atomic E-state index is -1.05. The van der Waals surface area contributed by atoms with Gasteiger partial charge in [-0.25, -0.2) is 8.78 Å². The Bertz CT molecular complexity index is 843. The van der Waals surface area contributed by atoms with Gasteiger partial charge in [0.1, 0.15) is 5.82 Å². The summed E-state index contributed by atoms with van der Waals surface area (Å²) in [4.78, 5) is 23.8. The number of aromatic nitrogens is 3. The monoisotopic (exact) mass is 395 g/mol. The van der Waals surface area contributed by atoms with Crippen molar-refractivity contribution in [3.63, 3.8) is 0 Å². The van der Waals surface area contributed by atoms with Gasteiger partial charge in [-0.3, -0.25) is 9.59 Å². The molecule has 10 heteroatoms. The topological polar surface area (TPSA) is 88.9 Å². The molecule has 0 radical (unpaired) electrons. The molecule has 0 bridgehead atoms. The number of anilines is 1.